The summed E-state index contributed by atoms with van der Waals surface area (Å²) in [6, 6.07) is 7.46. The maximum atomic E-state index is 5.96. The minimum atomic E-state index is 0.537. The highest BCUT2D eigenvalue weighted by Gasteiger charge is 2.15. The maximum Gasteiger partial charge on any atom is 0.247 e. The molecular weight excluding hydrogens is 262 g/mol. The molecule has 2 heterocycles. The Hall–Kier alpha value is -1.39. The number of hydrogen-bond acceptors (Lipinski definition) is 4. The van der Waals surface area contributed by atoms with E-state index in [1.54, 1.807) is 0 Å². The Bertz CT molecular complexity index is 549. The molecule has 1 saturated heterocycles. The smallest absolute Gasteiger partial charge is 0.247 e. The Balaban J connectivity index is 1.72. The van der Waals surface area contributed by atoms with E-state index in [0.717, 1.165) is 25.2 Å². The first-order valence-corrected chi connectivity index (χ1v) is 7.00. The van der Waals surface area contributed by atoms with Gasteiger partial charge in [-0.05, 0) is 44.1 Å². The second kappa shape index (κ2) is 5.72. The first kappa shape index (κ1) is 12.6. The second-order valence-corrected chi connectivity index (χ2v) is 5.28. The van der Waals surface area contributed by atoms with Crippen molar-refractivity contribution in [3.63, 3.8) is 0 Å². The van der Waals surface area contributed by atoms with Gasteiger partial charge in [-0.3, -0.25) is 4.90 Å². The van der Waals surface area contributed by atoms with E-state index in [2.05, 4.69) is 15.1 Å². The molecule has 5 heteroatoms. The zero-order valence-electron chi connectivity index (χ0n) is 10.7. The van der Waals surface area contributed by atoms with Gasteiger partial charge in [0.1, 0.15) is 0 Å². The van der Waals surface area contributed by atoms with Crippen LogP contribution in [0.4, 0.5) is 0 Å². The van der Waals surface area contributed by atoms with Crippen LogP contribution in [0.1, 0.15) is 25.2 Å². The van der Waals surface area contributed by atoms with Gasteiger partial charge in [0.25, 0.3) is 0 Å². The fourth-order valence-electron chi connectivity index (χ4n) is 2.36. The maximum absolute atomic E-state index is 5.96. The summed E-state index contributed by atoms with van der Waals surface area (Å²) in [7, 11) is 0. The molecule has 0 spiro atoms. The van der Waals surface area contributed by atoms with Crippen molar-refractivity contribution >= 4 is 11.6 Å². The van der Waals surface area contributed by atoms with Gasteiger partial charge in [0.2, 0.25) is 11.8 Å². The van der Waals surface area contributed by atoms with E-state index >= 15 is 0 Å². The van der Waals surface area contributed by atoms with Crippen molar-refractivity contribution in [2.45, 2.75) is 25.8 Å². The van der Waals surface area contributed by atoms with Gasteiger partial charge in [0, 0.05) is 10.6 Å². The van der Waals surface area contributed by atoms with Crippen molar-refractivity contribution in [1.29, 1.82) is 0 Å². The lowest BCUT2D eigenvalue weighted by molar-refractivity contribution is 0.202. The highest BCUT2D eigenvalue weighted by Crippen LogP contribution is 2.22. The summed E-state index contributed by atoms with van der Waals surface area (Å²) in [4.78, 5) is 2.36. The molecule has 0 atom stereocenters. The molecule has 100 valence electrons. The lowest BCUT2D eigenvalue weighted by Gasteiger charge is -2.24. The third-order valence-corrected chi connectivity index (χ3v) is 3.58. The molecule has 1 fully saturated rings. The van der Waals surface area contributed by atoms with E-state index in [0.29, 0.717) is 16.8 Å². The third kappa shape index (κ3) is 3.14. The van der Waals surface area contributed by atoms with Crippen LogP contribution in [-0.2, 0) is 6.54 Å². The first-order valence-electron chi connectivity index (χ1n) is 6.62. The van der Waals surface area contributed by atoms with Crippen LogP contribution in [0.5, 0.6) is 0 Å². The van der Waals surface area contributed by atoms with E-state index in [9.17, 15) is 0 Å². The monoisotopic (exact) mass is 277 g/mol. The summed E-state index contributed by atoms with van der Waals surface area (Å²) in [6.45, 7) is 2.98. The molecule has 2 aromatic rings. The molecule has 0 unspecified atom stereocenters. The van der Waals surface area contributed by atoms with E-state index in [4.69, 9.17) is 16.0 Å². The third-order valence-electron chi connectivity index (χ3n) is 3.35. The standard InChI is InChI=1S/C14H16ClN3O/c15-12-6-4-5-11(9-12)14-17-16-13(19-14)10-18-7-2-1-3-8-18/h4-6,9H,1-3,7-8,10H2. The SMILES string of the molecule is Clc1cccc(-c2nnc(CN3CCCCC3)o2)c1. The van der Waals surface area contributed by atoms with Crippen LogP contribution in [-0.4, -0.2) is 28.2 Å². The highest BCUT2D eigenvalue weighted by molar-refractivity contribution is 6.30. The number of halogens is 1. The van der Waals surface area contributed by atoms with Crippen LogP contribution in [0, 0.1) is 0 Å². The lowest BCUT2D eigenvalue weighted by atomic mass is 10.1. The van der Waals surface area contributed by atoms with Gasteiger partial charge < -0.3 is 4.42 Å². The molecule has 3 rings (SSSR count). The summed E-state index contributed by atoms with van der Waals surface area (Å²) >= 11 is 5.96. The van der Waals surface area contributed by atoms with Gasteiger partial charge in [-0.15, -0.1) is 10.2 Å². The van der Waals surface area contributed by atoms with Crippen molar-refractivity contribution in [1.82, 2.24) is 15.1 Å². The molecule has 1 aliphatic heterocycles. The number of hydrogen-bond donors (Lipinski definition) is 0. The van der Waals surface area contributed by atoms with Gasteiger partial charge in [0.15, 0.2) is 0 Å². The van der Waals surface area contributed by atoms with E-state index in [-0.39, 0.29) is 0 Å². The fraction of sp³-hybridized carbons (Fsp3) is 0.429. The van der Waals surface area contributed by atoms with Crippen molar-refractivity contribution < 1.29 is 4.42 Å². The van der Waals surface area contributed by atoms with Gasteiger partial charge in [-0.25, -0.2) is 0 Å². The van der Waals surface area contributed by atoms with Gasteiger partial charge >= 0.3 is 0 Å². The summed E-state index contributed by atoms with van der Waals surface area (Å²) in [5.41, 5.74) is 0.866. The Morgan fingerprint density at radius 2 is 2.00 bits per heavy atom. The van der Waals surface area contributed by atoms with Gasteiger partial charge in [-0.2, -0.15) is 0 Å². The molecule has 19 heavy (non-hydrogen) atoms. The molecule has 0 aliphatic carbocycles. The zero-order chi connectivity index (χ0) is 13.1. The molecule has 1 aliphatic rings. The molecule has 1 aromatic carbocycles. The van der Waals surface area contributed by atoms with E-state index in [1.165, 1.54) is 19.3 Å². The van der Waals surface area contributed by atoms with Crippen LogP contribution < -0.4 is 0 Å². The average molecular weight is 278 g/mol. The Morgan fingerprint density at radius 1 is 1.16 bits per heavy atom. The summed E-state index contributed by atoms with van der Waals surface area (Å²) in [5, 5.41) is 8.88. The molecule has 4 nitrogen and oxygen atoms in total. The van der Waals surface area contributed by atoms with Crippen molar-refractivity contribution in [3.05, 3.63) is 35.2 Å². The minimum absolute atomic E-state index is 0.537. The Labute approximate surface area is 117 Å². The van der Waals surface area contributed by atoms with Gasteiger partial charge in [-0.1, -0.05) is 24.1 Å². The van der Waals surface area contributed by atoms with Crippen LogP contribution in [0.2, 0.25) is 5.02 Å². The number of aromatic nitrogens is 2. The number of likely N-dealkylation sites (tertiary alicyclic amines) is 1. The Morgan fingerprint density at radius 3 is 2.79 bits per heavy atom. The quantitative estimate of drug-likeness (QED) is 0.863. The van der Waals surface area contributed by atoms with Gasteiger partial charge in [0.05, 0.1) is 6.54 Å². The average Bonchev–Trinajstić information content (AvgIpc) is 2.88. The van der Waals surface area contributed by atoms with Crippen LogP contribution in [0.25, 0.3) is 11.5 Å². The second-order valence-electron chi connectivity index (χ2n) is 4.85. The molecule has 0 amide bonds. The van der Waals surface area contributed by atoms with Crippen LogP contribution >= 0.6 is 11.6 Å². The lowest BCUT2D eigenvalue weighted by Crippen LogP contribution is -2.29. The molecule has 0 radical (unpaired) electrons. The minimum Gasteiger partial charge on any atom is -0.419 e. The zero-order valence-corrected chi connectivity index (χ0v) is 11.4. The van der Waals surface area contributed by atoms with Crippen molar-refractivity contribution in [3.8, 4) is 11.5 Å². The number of rotatable bonds is 3. The molecule has 0 bridgehead atoms. The fourth-order valence-corrected chi connectivity index (χ4v) is 2.55. The summed E-state index contributed by atoms with van der Waals surface area (Å²) in [6.07, 6.45) is 3.85. The highest BCUT2D eigenvalue weighted by atomic mass is 35.5. The van der Waals surface area contributed by atoms with Crippen LogP contribution in [0.15, 0.2) is 28.7 Å². The molecule has 1 aromatic heterocycles. The molecule has 0 saturated carbocycles. The van der Waals surface area contributed by atoms with Crippen LogP contribution in [0.3, 0.4) is 0 Å². The largest absolute Gasteiger partial charge is 0.419 e. The van der Waals surface area contributed by atoms with Crippen molar-refractivity contribution in [2.24, 2.45) is 0 Å². The summed E-state index contributed by atoms with van der Waals surface area (Å²) in [5.74, 6) is 1.21. The molecular formula is C14H16ClN3O. The topological polar surface area (TPSA) is 42.2 Å². The first-order chi connectivity index (χ1) is 9.31. The van der Waals surface area contributed by atoms with E-state index in [1.807, 2.05) is 24.3 Å². The normalized spacial score (nSPS) is 16.7. The Kier molecular flexibility index (Phi) is 3.80. The summed E-state index contributed by atoms with van der Waals surface area (Å²) < 4.78 is 5.70. The van der Waals surface area contributed by atoms with E-state index < -0.39 is 0 Å². The predicted molar refractivity (Wildman–Crippen MR) is 73.9 cm³/mol. The predicted octanol–water partition coefficient (Wildman–Crippen LogP) is 3.38. The number of nitrogens with zero attached hydrogens (tertiary/aromatic N) is 3. The van der Waals surface area contributed by atoms with Crippen molar-refractivity contribution in [2.75, 3.05) is 13.1 Å². The number of piperidine rings is 1. The molecule has 0 N–H and O–H groups in total. The number of benzene rings is 1.